The van der Waals surface area contributed by atoms with Crippen LogP contribution < -0.4 is 10.6 Å². The molecule has 0 saturated carbocycles. The molecule has 0 atom stereocenters. The maximum absolute atomic E-state index is 12.5. The van der Waals surface area contributed by atoms with Crippen LogP contribution in [0.25, 0.3) is 0 Å². The summed E-state index contributed by atoms with van der Waals surface area (Å²) < 4.78 is 5.50. The Labute approximate surface area is 124 Å². The zero-order valence-electron chi connectivity index (χ0n) is 12.0. The van der Waals surface area contributed by atoms with Crippen molar-refractivity contribution < 1.29 is 9.53 Å². The maximum atomic E-state index is 12.5. The summed E-state index contributed by atoms with van der Waals surface area (Å²) in [5.41, 5.74) is 1.49. The number of carbonyl (C=O) groups excluding carboxylic acids is 1. The number of nitrogens with zero attached hydrogens (tertiary/aromatic N) is 1. The summed E-state index contributed by atoms with van der Waals surface area (Å²) in [6.45, 7) is 2.70. The molecule has 2 N–H and O–H groups in total. The molecule has 0 saturated heterocycles. The van der Waals surface area contributed by atoms with Gasteiger partial charge in [-0.3, -0.25) is 4.79 Å². The van der Waals surface area contributed by atoms with E-state index in [9.17, 15) is 4.79 Å². The molecule has 21 heavy (non-hydrogen) atoms. The highest BCUT2D eigenvalue weighted by molar-refractivity contribution is 6.51. The van der Waals surface area contributed by atoms with Crippen LogP contribution in [0.2, 0.25) is 0 Å². The van der Waals surface area contributed by atoms with Crippen LogP contribution in [0.3, 0.4) is 0 Å². The number of hydrogen-bond donors (Lipinski definition) is 1. The van der Waals surface area contributed by atoms with Crippen LogP contribution in [0.15, 0.2) is 59.7 Å². The second-order valence-electron chi connectivity index (χ2n) is 4.55. The molecule has 2 rings (SSSR count). The van der Waals surface area contributed by atoms with E-state index in [1.165, 1.54) is 0 Å². The van der Waals surface area contributed by atoms with E-state index in [0.29, 0.717) is 17.7 Å². The largest absolute Gasteiger partial charge is 0.494 e. The summed E-state index contributed by atoms with van der Waals surface area (Å²) in [4.78, 5) is 12.5. The second-order valence-corrected chi connectivity index (χ2v) is 4.55. The van der Waals surface area contributed by atoms with Crippen molar-refractivity contribution in [2.45, 2.75) is 13.3 Å². The summed E-state index contributed by atoms with van der Waals surface area (Å²) in [5, 5.41) is 3.64. The maximum Gasteiger partial charge on any atom is 0.213 e. The van der Waals surface area contributed by atoms with Gasteiger partial charge in [0, 0.05) is 11.1 Å². The van der Waals surface area contributed by atoms with Gasteiger partial charge in [0.25, 0.3) is 0 Å². The zero-order chi connectivity index (χ0) is 15.1. The highest BCUT2D eigenvalue weighted by atomic mass is 16.5. The lowest BCUT2D eigenvalue weighted by molar-refractivity contribution is 0.106. The number of carbonyl (C=O) groups is 1. The monoisotopic (exact) mass is 282 g/mol. The van der Waals surface area contributed by atoms with E-state index in [4.69, 9.17) is 10.6 Å². The highest BCUT2D eigenvalue weighted by Gasteiger charge is 2.16. The molecule has 0 bridgehead atoms. The number of benzene rings is 2. The Morgan fingerprint density at radius 3 is 2.29 bits per heavy atom. The number of ether oxygens (including phenoxy) is 1. The lowest BCUT2D eigenvalue weighted by Gasteiger charge is -2.07. The normalized spacial score (nSPS) is 11.2. The Balaban J connectivity index is 2.19. The molecule has 0 aliphatic carbocycles. The molecule has 4 nitrogen and oxygen atoms in total. The van der Waals surface area contributed by atoms with Gasteiger partial charge in [-0.2, -0.15) is 5.10 Å². The first-order chi connectivity index (χ1) is 10.3. The molecule has 0 fully saturated rings. The van der Waals surface area contributed by atoms with Gasteiger partial charge in [0.05, 0.1) is 6.61 Å². The smallest absolute Gasteiger partial charge is 0.213 e. The van der Waals surface area contributed by atoms with Crippen LogP contribution in [-0.4, -0.2) is 18.1 Å². The molecule has 0 heterocycles. The molecule has 0 unspecified atom stereocenters. The van der Waals surface area contributed by atoms with Crippen LogP contribution in [0, 0.1) is 0 Å². The van der Waals surface area contributed by atoms with Gasteiger partial charge in [-0.1, -0.05) is 37.3 Å². The van der Waals surface area contributed by atoms with E-state index in [0.717, 1.165) is 12.2 Å². The van der Waals surface area contributed by atoms with Crippen LogP contribution in [0.1, 0.15) is 29.3 Å². The highest BCUT2D eigenvalue weighted by Crippen LogP contribution is 2.15. The van der Waals surface area contributed by atoms with E-state index in [1.54, 1.807) is 24.3 Å². The first-order valence-corrected chi connectivity index (χ1v) is 6.87. The van der Waals surface area contributed by atoms with Crippen molar-refractivity contribution in [2.24, 2.45) is 10.9 Å². The summed E-state index contributed by atoms with van der Waals surface area (Å²) >= 11 is 0. The summed E-state index contributed by atoms with van der Waals surface area (Å²) in [6.07, 6.45) is 0.943. The predicted molar refractivity (Wildman–Crippen MR) is 83.7 cm³/mol. The van der Waals surface area contributed by atoms with Gasteiger partial charge < -0.3 is 10.6 Å². The molecule has 0 radical (unpaired) electrons. The number of ketones is 1. The Hall–Kier alpha value is -2.62. The molecule has 0 aromatic heterocycles. The van der Waals surface area contributed by atoms with E-state index in [1.807, 2.05) is 37.3 Å². The first kappa shape index (κ1) is 14.8. The van der Waals surface area contributed by atoms with Crippen molar-refractivity contribution in [3.8, 4) is 5.75 Å². The van der Waals surface area contributed by atoms with Crippen molar-refractivity contribution in [3.05, 3.63) is 65.7 Å². The third kappa shape index (κ3) is 3.69. The summed E-state index contributed by atoms with van der Waals surface area (Å²) in [6, 6.07) is 16.2. The Morgan fingerprint density at radius 2 is 1.71 bits per heavy atom. The van der Waals surface area contributed by atoms with E-state index >= 15 is 0 Å². The molecular weight excluding hydrogens is 264 g/mol. The molecule has 0 aliphatic heterocycles. The summed E-state index contributed by atoms with van der Waals surface area (Å²) in [7, 11) is 0. The number of hydrogen-bond acceptors (Lipinski definition) is 4. The van der Waals surface area contributed by atoms with Crippen LogP contribution in [0.5, 0.6) is 5.75 Å². The molecule has 2 aromatic carbocycles. The lowest BCUT2D eigenvalue weighted by atomic mass is 10.0. The van der Waals surface area contributed by atoms with E-state index in [2.05, 4.69) is 5.10 Å². The minimum absolute atomic E-state index is 0.203. The van der Waals surface area contributed by atoms with Crippen LogP contribution >= 0.6 is 0 Å². The van der Waals surface area contributed by atoms with Gasteiger partial charge in [-0.15, -0.1) is 0 Å². The van der Waals surface area contributed by atoms with Crippen LogP contribution in [-0.2, 0) is 0 Å². The lowest BCUT2D eigenvalue weighted by Crippen LogP contribution is -2.17. The van der Waals surface area contributed by atoms with Gasteiger partial charge in [-0.25, -0.2) is 0 Å². The molecule has 108 valence electrons. The van der Waals surface area contributed by atoms with Crippen molar-refractivity contribution in [2.75, 3.05) is 6.61 Å². The predicted octanol–water partition coefficient (Wildman–Crippen LogP) is 3.02. The molecule has 0 spiro atoms. The van der Waals surface area contributed by atoms with Gasteiger partial charge in [0.15, 0.2) is 0 Å². The average Bonchev–Trinajstić information content (AvgIpc) is 2.55. The minimum atomic E-state index is -0.203. The summed E-state index contributed by atoms with van der Waals surface area (Å²) in [5.74, 6) is 5.93. The third-order valence-electron chi connectivity index (χ3n) is 2.98. The quantitative estimate of drug-likeness (QED) is 0.383. The molecule has 2 aromatic rings. The van der Waals surface area contributed by atoms with E-state index < -0.39 is 0 Å². The van der Waals surface area contributed by atoms with Crippen molar-refractivity contribution in [1.82, 2.24) is 0 Å². The van der Waals surface area contributed by atoms with Gasteiger partial charge in [0.2, 0.25) is 5.78 Å². The molecular formula is C17H18N2O2. The second kappa shape index (κ2) is 7.24. The Kier molecular flexibility index (Phi) is 5.10. The SMILES string of the molecule is CCCOc1ccc(C(=O)C(=NN)c2ccccc2)cc1. The number of Topliss-reactive ketones (excluding diaryl/α,β-unsaturated/α-hetero) is 1. The number of nitrogens with two attached hydrogens (primary N) is 1. The fraction of sp³-hybridized carbons (Fsp3) is 0.176. The first-order valence-electron chi connectivity index (χ1n) is 6.87. The third-order valence-corrected chi connectivity index (χ3v) is 2.98. The average molecular weight is 282 g/mol. The van der Waals surface area contributed by atoms with Gasteiger partial charge >= 0.3 is 0 Å². The van der Waals surface area contributed by atoms with Crippen molar-refractivity contribution in [3.63, 3.8) is 0 Å². The van der Waals surface area contributed by atoms with Crippen molar-refractivity contribution in [1.29, 1.82) is 0 Å². The number of hydrazone groups is 1. The van der Waals surface area contributed by atoms with Gasteiger partial charge in [-0.05, 0) is 30.7 Å². The molecule has 0 amide bonds. The fourth-order valence-corrected chi connectivity index (χ4v) is 1.92. The van der Waals surface area contributed by atoms with Gasteiger partial charge in [0.1, 0.15) is 11.5 Å². The molecule has 0 aliphatic rings. The Morgan fingerprint density at radius 1 is 1.05 bits per heavy atom. The minimum Gasteiger partial charge on any atom is -0.494 e. The Bertz CT molecular complexity index is 619. The van der Waals surface area contributed by atoms with Crippen molar-refractivity contribution >= 4 is 11.5 Å². The van der Waals surface area contributed by atoms with Crippen LogP contribution in [0.4, 0.5) is 0 Å². The topological polar surface area (TPSA) is 64.7 Å². The number of rotatable bonds is 6. The zero-order valence-corrected chi connectivity index (χ0v) is 12.0. The fourth-order valence-electron chi connectivity index (χ4n) is 1.92. The molecule has 4 heteroatoms. The standard InChI is InChI=1S/C17H18N2O2/c1-2-12-21-15-10-8-14(9-11-15)17(20)16(19-18)13-6-4-3-5-7-13/h3-11H,2,12,18H2,1H3. The van der Waals surface area contributed by atoms with E-state index in [-0.39, 0.29) is 11.5 Å².